The Morgan fingerprint density at radius 1 is 1.02 bits per heavy atom. The number of phenolic OH excluding ortho intramolecular Hbond substituents is 2. The Morgan fingerprint density at radius 3 is 2.50 bits per heavy atom. The highest BCUT2D eigenvalue weighted by atomic mass is 32.2. The molecule has 2 fully saturated rings. The Labute approximate surface area is 328 Å². The highest BCUT2D eigenvalue weighted by Crippen LogP contribution is 2.65. The first-order valence-corrected chi connectivity index (χ1v) is 19.8. The molecule has 3 aromatic rings. The van der Waals surface area contributed by atoms with Crippen LogP contribution in [0.25, 0.3) is 0 Å². The van der Waals surface area contributed by atoms with E-state index in [2.05, 4.69) is 15.9 Å². The van der Waals surface area contributed by atoms with Gasteiger partial charge in [0.2, 0.25) is 6.79 Å². The molecule has 2 saturated heterocycles. The molecule has 56 heavy (non-hydrogen) atoms. The van der Waals surface area contributed by atoms with Crippen LogP contribution in [0.15, 0.2) is 18.2 Å². The zero-order valence-electron chi connectivity index (χ0n) is 32.3. The van der Waals surface area contributed by atoms with Crippen molar-refractivity contribution < 1.29 is 48.2 Å². The van der Waals surface area contributed by atoms with Gasteiger partial charge in [0.25, 0.3) is 0 Å². The van der Waals surface area contributed by atoms with Crippen molar-refractivity contribution in [3.63, 3.8) is 0 Å². The van der Waals surface area contributed by atoms with E-state index in [1.54, 1.807) is 12.1 Å². The van der Waals surface area contributed by atoms with Crippen LogP contribution < -0.4 is 23.7 Å². The molecule has 10 rings (SSSR count). The number of hydrogen-bond donors (Lipinski definition) is 2. The van der Waals surface area contributed by atoms with Crippen molar-refractivity contribution in [2.24, 2.45) is 0 Å². The normalized spacial score (nSPS) is 29.0. The van der Waals surface area contributed by atoms with Gasteiger partial charge in [0.05, 0.1) is 37.6 Å². The smallest absolute Gasteiger partial charge is 0.332 e. The quantitative estimate of drug-likeness (QED) is 0.285. The number of nitriles is 1. The maximum atomic E-state index is 15.0. The van der Waals surface area contributed by atoms with Gasteiger partial charge < -0.3 is 38.6 Å². The van der Waals surface area contributed by atoms with Crippen molar-refractivity contribution >= 4 is 23.7 Å². The number of fused-ring (bicyclic) bond motifs is 9. The van der Waals surface area contributed by atoms with E-state index in [9.17, 15) is 25.1 Å². The second-order valence-corrected chi connectivity index (χ2v) is 16.7. The van der Waals surface area contributed by atoms with Gasteiger partial charge in [0.15, 0.2) is 40.0 Å². The Kier molecular flexibility index (Phi) is 8.59. The van der Waals surface area contributed by atoms with Gasteiger partial charge in [-0.3, -0.25) is 19.5 Å². The van der Waals surface area contributed by atoms with Crippen LogP contribution in [0.5, 0.6) is 40.2 Å². The zero-order chi connectivity index (χ0) is 39.5. The molecule has 4 bridgehead atoms. The molecule has 0 radical (unpaired) electrons. The number of phenols is 2. The van der Waals surface area contributed by atoms with E-state index < -0.39 is 46.9 Å². The van der Waals surface area contributed by atoms with Crippen molar-refractivity contribution in [3.05, 3.63) is 62.7 Å². The average molecular weight is 785 g/mol. The Balaban J connectivity index is 1.35. The number of nitrogens with zero attached hydrogens (tertiary/aromatic N) is 4. The number of carbonyl (C=O) groups excluding carboxylic acids is 2. The maximum Gasteiger partial charge on any atom is 0.332 e. The molecule has 7 aliphatic rings. The second-order valence-electron chi connectivity index (χ2n) is 15.5. The second kappa shape index (κ2) is 13.1. The molecular formula is C41H44N4O10S. The highest BCUT2D eigenvalue weighted by molar-refractivity contribution is 7.99. The summed E-state index contributed by atoms with van der Waals surface area (Å²) in [5, 5.41) is 33.5. The molecule has 0 aliphatic carbocycles. The Hall–Kier alpha value is -4.88. The van der Waals surface area contributed by atoms with E-state index in [-0.39, 0.29) is 42.4 Å². The van der Waals surface area contributed by atoms with Gasteiger partial charge >= 0.3 is 11.9 Å². The van der Waals surface area contributed by atoms with Crippen molar-refractivity contribution in [1.82, 2.24) is 14.7 Å². The molecule has 7 atom stereocenters. The Bertz CT molecular complexity index is 2260. The lowest BCUT2D eigenvalue weighted by Gasteiger charge is -2.62. The van der Waals surface area contributed by atoms with Crippen molar-refractivity contribution in [3.8, 4) is 46.3 Å². The summed E-state index contributed by atoms with van der Waals surface area (Å²) in [5.41, 5.74) is 4.53. The summed E-state index contributed by atoms with van der Waals surface area (Å²) in [7, 11) is 6.90. The van der Waals surface area contributed by atoms with Crippen LogP contribution in [-0.2, 0) is 32.7 Å². The fourth-order valence-corrected chi connectivity index (χ4v) is 12.3. The first-order chi connectivity index (χ1) is 26.9. The lowest BCUT2D eigenvalue weighted by atomic mass is 9.71. The van der Waals surface area contributed by atoms with E-state index >= 15 is 0 Å². The van der Waals surface area contributed by atoms with Gasteiger partial charge in [-0.05, 0) is 75.2 Å². The van der Waals surface area contributed by atoms with Gasteiger partial charge in [-0.2, -0.15) is 5.26 Å². The van der Waals surface area contributed by atoms with E-state index in [0.29, 0.717) is 70.2 Å². The molecule has 0 aromatic heterocycles. The fraction of sp³-hybridized carbons (Fsp3) is 0.488. The number of aryl methyl sites for hydroxylation is 1. The topological polar surface area (TPSA) is 163 Å². The standard InChI is InChI=1S/C41H44N4O10S/c1-18-10-22-11-24-25(14-42)45-26-15-52-40(49)41(23-13-28(50-6)27(47)12-21(23)8-9-43(41)4)16-56-39(33(45)32(44(24)5)29(22)34(48)35(18)51-7)31-30(26)38-37(53-17-54-38)19(2)36(31)55-20(3)46/h10,12-13,24-26,32-33,39,47-48H,8-9,11,15-17H2,1-7H3/t24-,25+,26-,32-,33?,39-,41-/m1/s1. The number of ether oxygens (including phenoxy) is 6. The van der Waals surface area contributed by atoms with E-state index in [1.165, 1.54) is 32.9 Å². The predicted molar refractivity (Wildman–Crippen MR) is 203 cm³/mol. The van der Waals surface area contributed by atoms with E-state index in [0.717, 1.165) is 16.7 Å². The predicted octanol–water partition coefficient (Wildman–Crippen LogP) is 4.33. The molecule has 0 amide bonds. The number of benzene rings is 3. The molecular weight excluding hydrogens is 741 g/mol. The third kappa shape index (κ3) is 4.85. The number of esters is 2. The third-order valence-corrected chi connectivity index (χ3v) is 14.4. The highest BCUT2D eigenvalue weighted by Gasteiger charge is 2.62. The van der Waals surface area contributed by atoms with Crippen LogP contribution in [0.4, 0.5) is 0 Å². The number of likely N-dealkylation sites (N-methyl/N-ethyl adjacent to an activating group) is 2. The van der Waals surface area contributed by atoms with Crippen molar-refractivity contribution in [1.29, 1.82) is 5.26 Å². The summed E-state index contributed by atoms with van der Waals surface area (Å²) in [4.78, 5) is 34.3. The SMILES string of the molecule is COc1cc2c(cc1O)CCN(C)[C@]21CS[C@@H]2c3c(OC(C)=O)c(C)c4c(c3[C@@H](COC1=O)N1C2[C@H]2c3c(cc(C)c(OC)c3O)C[C@H]([C@@H]1C#N)N2C)OCO4. The monoisotopic (exact) mass is 784 g/mol. The Morgan fingerprint density at radius 2 is 1.79 bits per heavy atom. The number of aromatic hydroxyl groups is 2. The van der Waals surface area contributed by atoms with Gasteiger partial charge in [-0.15, -0.1) is 11.8 Å². The summed E-state index contributed by atoms with van der Waals surface area (Å²) in [5.74, 6) is 1.07. The van der Waals surface area contributed by atoms with Gasteiger partial charge in [0.1, 0.15) is 18.4 Å². The minimum atomic E-state index is -1.32. The van der Waals surface area contributed by atoms with Crippen LogP contribution in [0, 0.1) is 25.2 Å². The molecule has 0 saturated carbocycles. The van der Waals surface area contributed by atoms with Crippen LogP contribution in [0.1, 0.15) is 68.8 Å². The molecule has 1 spiro atoms. The minimum Gasteiger partial charge on any atom is -0.504 e. The first-order valence-electron chi connectivity index (χ1n) is 18.7. The largest absolute Gasteiger partial charge is 0.504 e. The molecule has 1 unspecified atom stereocenters. The molecule has 14 nitrogen and oxygen atoms in total. The first kappa shape index (κ1) is 36.7. The van der Waals surface area contributed by atoms with Gasteiger partial charge in [-0.1, -0.05) is 6.07 Å². The average Bonchev–Trinajstić information content (AvgIpc) is 3.66. The van der Waals surface area contributed by atoms with Gasteiger partial charge in [0, 0.05) is 53.6 Å². The van der Waals surface area contributed by atoms with E-state index in [4.69, 9.17) is 28.4 Å². The van der Waals surface area contributed by atoms with Crippen LogP contribution in [-0.4, -0.2) is 109 Å². The van der Waals surface area contributed by atoms with Crippen LogP contribution >= 0.6 is 11.8 Å². The number of hydrogen-bond acceptors (Lipinski definition) is 15. The molecule has 15 heteroatoms. The van der Waals surface area contributed by atoms with Crippen molar-refractivity contribution in [2.45, 2.75) is 74.6 Å². The summed E-state index contributed by atoms with van der Waals surface area (Å²) in [6.45, 7) is 5.37. The third-order valence-electron chi connectivity index (χ3n) is 12.9. The van der Waals surface area contributed by atoms with Crippen molar-refractivity contribution in [2.75, 3.05) is 54.0 Å². The maximum absolute atomic E-state index is 15.0. The number of thioether (sulfide) groups is 1. The van der Waals surface area contributed by atoms with Crippen LogP contribution in [0.2, 0.25) is 0 Å². The molecule has 7 aliphatic heterocycles. The number of rotatable bonds is 3. The number of carbonyl (C=O) groups is 2. The zero-order valence-corrected chi connectivity index (χ0v) is 33.1. The molecule has 294 valence electrons. The summed E-state index contributed by atoms with van der Waals surface area (Å²) in [6, 6.07) is 5.34. The number of methoxy groups -OCH3 is 2. The van der Waals surface area contributed by atoms with Gasteiger partial charge in [-0.25, -0.2) is 4.79 Å². The number of piperazine rings is 1. The summed E-state index contributed by atoms with van der Waals surface area (Å²) in [6.07, 6.45) is 1.08. The van der Waals surface area contributed by atoms with E-state index in [1.807, 2.05) is 38.9 Å². The molecule has 3 aromatic carbocycles. The molecule has 2 N–H and O–H groups in total. The minimum absolute atomic E-state index is 0.0168. The summed E-state index contributed by atoms with van der Waals surface area (Å²) >= 11 is 1.50. The molecule has 7 heterocycles. The lowest BCUT2D eigenvalue weighted by Crippen LogP contribution is -2.69. The summed E-state index contributed by atoms with van der Waals surface area (Å²) < 4.78 is 36.3. The van der Waals surface area contributed by atoms with Crippen LogP contribution in [0.3, 0.4) is 0 Å². The lowest BCUT2D eigenvalue weighted by molar-refractivity contribution is -0.163. The fourth-order valence-electron chi connectivity index (χ4n) is 10.5.